The van der Waals surface area contributed by atoms with Crippen LogP contribution >= 0.6 is 0 Å². The highest BCUT2D eigenvalue weighted by Crippen LogP contribution is 2.38. The SMILES string of the molecule is COC(=O)/C=C/CCNC(=O)c1ccc2nnc(C3CC3)n2c1. The Hall–Kier alpha value is -2.70. The molecule has 0 unspecified atom stereocenters. The Morgan fingerprint density at radius 2 is 2.22 bits per heavy atom. The van der Waals surface area contributed by atoms with Crippen molar-refractivity contribution >= 4 is 17.5 Å². The highest BCUT2D eigenvalue weighted by molar-refractivity contribution is 5.94. The van der Waals surface area contributed by atoms with Gasteiger partial charge < -0.3 is 10.1 Å². The predicted octanol–water partition coefficient (Wildman–Crippen LogP) is 1.46. The lowest BCUT2D eigenvalue weighted by Gasteiger charge is -2.05. The van der Waals surface area contributed by atoms with Crippen molar-refractivity contribution in [3.63, 3.8) is 0 Å². The number of hydrogen-bond donors (Lipinski definition) is 1. The molecule has 2 heterocycles. The van der Waals surface area contributed by atoms with Gasteiger partial charge in [0.25, 0.3) is 5.91 Å². The number of ether oxygens (including phenoxy) is 1. The van der Waals surface area contributed by atoms with Crippen molar-refractivity contribution in [1.82, 2.24) is 19.9 Å². The standard InChI is InChI=1S/C16H18N4O3/c1-23-14(21)4-2-3-9-17-16(22)12-7-8-13-18-19-15(11-5-6-11)20(13)10-12/h2,4,7-8,10-11H,3,5-6,9H2,1H3,(H,17,22)/b4-2+. The number of methoxy groups -OCH3 is 1. The molecule has 0 radical (unpaired) electrons. The molecule has 0 bridgehead atoms. The van der Waals surface area contributed by atoms with Gasteiger partial charge in [0.1, 0.15) is 5.82 Å². The first-order valence-corrected chi connectivity index (χ1v) is 7.56. The molecule has 23 heavy (non-hydrogen) atoms. The number of amides is 1. The minimum Gasteiger partial charge on any atom is -0.466 e. The highest BCUT2D eigenvalue weighted by atomic mass is 16.5. The molecule has 2 aromatic heterocycles. The van der Waals surface area contributed by atoms with Crippen molar-refractivity contribution in [2.24, 2.45) is 0 Å². The quantitative estimate of drug-likeness (QED) is 0.495. The maximum atomic E-state index is 12.2. The summed E-state index contributed by atoms with van der Waals surface area (Å²) in [6.45, 7) is 0.446. The lowest BCUT2D eigenvalue weighted by molar-refractivity contribution is -0.134. The second-order valence-corrected chi connectivity index (χ2v) is 5.45. The second-order valence-electron chi connectivity index (χ2n) is 5.45. The van der Waals surface area contributed by atoms with Gasteiger partial charge in [-0.2, -0.15) is 0 Å². The Bertz CT molecular complexity index is 762. The summed E-state index contributed by atoms with van der Waals surface area (Å²) in [4.78, 5) is 23.1. The third-order valence-electron chi connectivity index (χ3n) is 3.69. The van der Waals surface area contributed by atoms with E-state index in [0.717, 1.165) is 24.3 Å². The van der Waals surface area contributed by atoms with Gasteiger partial charge in [-0.1, -0.05) is 6.08 Å². The number of nitrogens with one attached hydrogen (secondary N) is 1. The Labute approximate surface area is 133 Å². The fourth-order valence-electron chi connectivity index (χ4n) is 2.28. The van der Waals surface area contributed by atoms with Crippen molar-refractivity contribution in [3.05, 3.63) is 41.9 Å². The van der Waals surface area contributed by atoms with E-state index in [4.69, 9.17) is 0 Å². The van der Waals surface area contributed by atoms with E-state index in [9.17, 15) is 9.59 Å². The highest BCUT2D eigenvalue weighted by Gasteiger charge is 2.28. The summed E-state index contributed by atoms with van der Waals surface area (Å²) in [5, 5.41) is 11.1. The first kappa shape index (κ1) is 15.2. The number of nitrogens with zero attached hydrogens (tertiary/aromatic N) is 3. The smallest absolute Gasteiger partial charge is 0.330 e. The molecular formula is C16H18N4O3. The van der Waals surface area contributed by atoms with Crippen molar-refractivity contribution in [1.29, 1.82) is 0 Å². The van der Waals surface area contributed by atoms with Crippen molar-refractivity contribution in [2.45, 2.75) is 25.2 Å². The van der Waals surface area contributed by atoms with Crippen LogP contribution in [0, 0.1) is 0 Å². The number of hydrogen-bond acceptors (Lipinski definition) is 5. The van der Waals surface area contributed by atoms with Gasteiger partial charge in [0, 0.05) is 24.7 Å². The minimum absolute atomic E-state index is 0.159. The average molecular weight is 314 g/mol. The van der Waals surface area contributed by atoms with Gasteiger partial charge >= 0.3 is 5.97 Å². The van der Waals surface area contributed by atoms with Gasteiger partial charge in [0.05, 0.1) is 12.7 Å². The van der Waals surface area contributed by atoms with Crippen molar-refractivity contribution in [3.8, 4) is 0 Å². The molecule has 7 nitrogen and oxygen atoms in total. The van der Waals surface area contributed by atoms with Crippen LogP contribution in [0.15, 0.2) is 30.5 Å². The third kappa shape index (κ3) is 3.56. The molecule has 1 fully saturated rings. The largest absolute Gasteiger partial charge is 0.466 e. The maximum absolute atomic E-state index is 12.2. The third-order valence-corrected chi connectivity index (χ3v) is 3.69. The molecule has 3 rings (SSSR count). The summed E-state index contributed by atoms with van der Waals surface area (Å²) >= 11 is 0. The molecule has 0 spiro atoms. The number of esters is 1. The number of carbonyl (C=O) groups is 2. The molecule has 1 saturated carbocycles. The zero-order chi connectivity index (χ0) is 16.2. The van der Waals surface area contributed by atoms with E-state index in [0.29, 0.717) is 24.4 Å². The van der Waals surface area contributed by atoms with E-state index in [-0.39, 0.29) is 5.91 Å². The summed E-state index contributed by atoms with van der Waals surface area (Å²) in [6, 6.07) is 3.53. The second kappa shape index (κ2) is 6.60. The molecule has 1 aliphatic carbocycles. The molecule has 0 aliphatic heterocycles. The first-order chi connectivity index (χ1) is 11.2. The molecule has 1 aliphatic rings. The number of pyridine rings is 1. The predicted molar refractivity (Wildman–Crippen MR) is 83.1 cm³/mol. The van der Waals surface area contributed by atoms with Gasteiger partial charge in [0.15, 0.2) is 5.65 Å². The lowest BCUT2D eigenvalue weighted by Crippen LogP contribution is -2.24. The van der Waals surface area contributed by atoms with E-state index < -0.39 is 5.97 Å². The monoisotopic (exact) mass is 314 g/mol. The van der Waals surface area contributed by atoms with E-state index in [1.807, 2.05) is 4.40 Å². The summed E-state index contributed by atoms with van der Waals surface area (Å²) in [5.74, 6) is 0.832. The van der Waals surface area contributed by atoms with Gasteiger partial charge in [-0.15, -0.1) is 10.2 Å². The Morgan fingerprint density at radius 3 is 2.96 bits per heavy atom. The maximum Gasteiger partial charge on any atom is 0.330 e. The Morgan fingerprint density at radius 1 is 1.39 bits per heavy atom. The topological polar surface area (TPSA) is 85.6 Å². The molecule has 0 saturated heterocycles. The molecule has 1 amide bonds. The van der Waals surface area contributed by atoms with Crippen LogP contribution in [0.5, 0.6) is 0 Å². The Balaban J connectivity index is 1.61. The van der Waals surface area contributed by atoms with Crippen molar-refractivity contribution < 1.29 is 14.3 Å². The molecule has 0 atom stereocenters. The van der Waals surface area contributed by atoms with E-state index in [1.165, 1.54) is 13.2 Å². The van der Waals surface area contributed by atoms with Gasteiger partial charge in [-0.05, 0) is 31.4 Å². The summed E-state index contributed by atoms with van der Waals surface area (Å²) < 4.78 is 6.38. The van der Waals surface area contributed by atoms with Crippen LogP contribution in [0.4, 0.5) is 0 Å². The first-order valence-electron chi connectivity index (χ1n) is 7.56. The van der Waals surface area contributed by atoms with Crippen LogP contribution in [-0.2, 0) is 9.53 Å². The minimum atomic E-state index is -0.401. The van der Waals surface area contributed by atoms with Gasteiger partial charge in [-0.25, -0.2) is 4.79 Å². The van der Waals surface area contributed by atoms with Crippen molar-refractivity contribution in [2.75, 3.05) is 13.7 Å². The Kier molecular flexibility index (Phi) is 4.36. The van der Waals surface area contributed by atoms with Gasteiger partial charge in [-0.3, -0.25) is 9.20 Å². The molecule has 120 valence electrons. The average Bonchev–Trinajstić information content (AvgIpc) is 3.33. The molecule has 1 N–H and O–H groups in total. The van der Waals surface area contributed by atoms with Crippen LogP contribution in [0.1, 0.15) is 41.4 Å². The van der Waals surface area contributed by atoms with E-state index in [2.05, 4.69) is 20.3 Å². The molecule has 7 heteroatoms. The number of carbonyl (C=O) groups excluding carboxylic acids is 2. The molecule has 0 aromatic carbocycles. The fourth-order valence-corrected chi connectivity index (χ4v) is 2.28. The van der Waals surface area contributed by atoms with Crippen LogP contribution in [0.2, 0.25) is 0 Å². The summed E-state index contributed by atoms with van der Waals surface area (Å²) in [5.41, 5.74) is 1.32. The van der Waals surface area contributed by atoms with Crippen LogP contribution in [0.25, 0.3) is 5.65 Å². The summed E-state index contributed by atoms with van der Waals surface area (Å²) in [7, 11) is 1.32. The normalized spacial score (nSPS) is 14.3. The van der Waals surface area contributed by atoms with Crippen LogP contribution in [-0.4, -0.2) is 40.1 Å². The summed E-state index contributed by atoms with van der Waals surface area (Å²) in [6.07, 6.45) is 7.61. The number of fused-ring (bicyclic) bond motifs is 1. The number of rotatable bonds is 6. The van der Waals surface area contributed by atoms with E-state index in [1.54, 1.807) is 24.4 Å². The fraction of sp³-hybridized carbons (Fsp3) is 0.375. The van der Waals surface area contributed by atoms with Crippen LogP contribution < -0.4 is 5.32 Å². The zero-order valence-corrected chi connectivity index (χ0v) is 12.9. The van der Waals surface area contributed by atoms with Gasteiger partial charge in [0.2, 0.25) is 0 Å². The molecular weight excluding hydrogens is 296 g/mol. The van der Waals surface area contributed by atoms with E-state index >= 15 is 0 Å². The lowest BCUT2D eigenvalue weighted by atomic mass is 10.2. The number of aromatic nitrogens is 3. The molecule has 2 aromatic rings. The zero-order valence-electron chi connectivity index (χ0n) is 12.9. The van der Waals surface area contributed by atoms with Crippen LogP contribution in [0.3, 0.4) is 0 Å².